The molecule has 0 heterocycles. The molecule has 2 rings (SSSR count). The van der Waals surface area contributed by atoms with Gasteiger partial charge < -0.3 is 15.4 Å². The van der Waals surface area contributed by atoms with Crippen molar-refractivity contribution in [2.45, 2.75) is 0 Å². The third kappa shape index (κ3) is 3.88. The van der Waals surface area contributed by atoms with Gasteiger partial charge in [0.25, 0.3) is 0 Å². The molecule has 19 heavy (non-hydrogen) atoms. The third-order valence-corrected chi connectivity index (χ3v) is 2.71. The van der Waals surface area contributed by atoms with Crippen molar-refractivity contribution in [3.05, 3.63) is 54.3 Å². The Morgan fingerprint density at radius 1 is 1.00 bits per heavy atom. The Morgan fingerprint density at radius 2 is 1.79 bits per heavy atom. The van der Waals surface area contributed by atoms with E-state index in [0.717, 1.165) is 11.4 Å². The maximum absolute atomic E-state index is 13.3. The van der Waals surface area contributed by atoms with Gasteiger partial charge in [0.1, 0.15) is 11.6 Å². The van der Waals surface area contributed by atoms with Crippen LogP contribution in [0.4, 0.5) is 15.8 Å². The first-order chi connectivity index (χ1) is 9.29. The summed E-state index contributed by atoms with van der Waals surface area (Å²) in [6.07, 6.45) is 0. The monoisotopic (exact) mass is 260 g/mol. The van der Waals surface area contributed by atoms with E-state index in [1.165, 1.54) is 6.07 Å². The molecule has 3 nitrogen and oxygen atoms in total. The topological polar surface area (TPSA) is 33.3 Å². The number of nitrogens with one attached hydrogen (secondary N) is 2. The van der Waals surface area contributed by atoms with E-state index in [1.54, 1.807) is 25.3 Å². The lowest BCUT2D eigenvalue weighted by atomic mass is 10.3. The summed E-state index contributed by atoms with van der Waals surface area (Å²) >= 11 is 0. The van der Waals surface area contributed by atoms with Crippen LogP contribution in [0.3, 0.4) is 0 Å². The molecule has 0 aliphatic heterocycles. The number of methoxy groups -OCH3 is 1. The molecule has 2 aromatic carbocycles. The first kappa shape index (κ1) is 13.2. The van der Waals surface area contributed by atoms with Crippen LogP contribution in [0.1, 0.15) is 0 Å². The minimum atomic E-state index is -0.233. The fourth-order valence-electron chi connectivity index (χ4n) is 1.74. The minimum absolute atomic E-state index is 0.233. The van der Waals surface area contributed by atoms with Crippen molar-refractivity contribution in [1.82, 2.24) is 0 Å². The molecule has 2 aromatic rings. The smallest absolute Gasteiger partial charge is 0.146 e. The van der Waals surface area contributed by atoms with Crippen LogP contribution in [-0.2, 0) is 0 Å². The highest BCUT2D eigenvalue weighted by atomic mass is 19.1. The van der Waals surface area contributed by atoms with Crippen molar-refractivity contribution in [3.8, 4) is 5.75 Å². The molecule has 0 aromatic heterocycles. The Labute approximate surface area is 112 Å². The predicted octanol–water partition coefficient (Wildman–Crippen LogP) is 3.36. The molecule has 0 atom stereocenters. The lowest BCUT2D eigenvalue weighted by Crippen LogP contribution is -2.14. The zero-order chi connectivity index (χ0) is 13.5. The molecule has 100 valence electrons. The fraction of sp³-hybridized carbons (Fsp3) is 0.200. The van der Waals surface area contributed by atoms with E-state index in [-0.39, 0.29) is 5.82 Å². The summed E-state index contributed by atoms with van der Waals surface area (Å²) in [4.78, 5) is 0. The highest BCUT2D eigenvalue weighted by Crippen LogP contribution is 2.16. The van der Waals surface area contributed by atoms with Crippen molar-refractivity contribution in [3.63, 3.8) is 0 Å². The van der Waals surface area contributed by atoms with Gasteiger partial charge in [-0.25, -0.2) is 4.39 Å². The van der Waals surface area contributed by atoms with Crippen LogP contribution in [0, 0.1) is 5.82 Å². The summed E-state index contributed by atoms with van der Waals surface area (Å²) < 4.78 is 18.5. The number of anilines is 2. The third-order valence-electron chi connectivity index (χ3n) is 2.71. The lowest BCUT2D eigenvalue weighted by molar-refractivity contribution is 0.415. The number of benzene rings is 2. The summed E-state index contributed by atoms with van der Waals surface area (Å²) in [6, 6.07) is 14.3. The maximum atomic E-state index is 13.3. The molecule has 0 saturated carbocycles. The molecule has 0 spiro atoms. The Morgan fingerprint density at radius 3 is 2.58 bits per heavy atom. The van der Waals surface area contributed by atoms with Gasteiger partial charge in [0.2, 0.25) is 0 Å². The van der Waals surface area contributed by atoms with E-state index in [0.29, 0.717) is 18.8 Å². The number of hydrogen-bond donors (Lipinski definition) is 2. The zero-order valence-electron chi connectivity index (χ0n) is 10.8. The molecular weight excluding hydrogens is 243 g/mol. The van der Waals surface area contributed by atoms with Gasteiger partial charge in [-0.2, -0.15) is 0 Å². The molecule has 0 radical (unpaired) electrons. The van der Waals surface area contributed by atoms with Crippen LogP contribution in [0.25, 0.3) is 0 Å². The highest BCUT2D eigenvalue weighted by molar-refractivity contribution is 5.49. The van der Waals surface area contributed by atoms with Crippen molar-refractivity contribution >= 4 is 11.4 Å². The average Bonchev–Trinajstić information content (AvgIpc) is 2.45. The van der Waals surface area contributed by atoms with E-state index in [1.807, 2.05) is 24.3 Å². The Kier molecular flexibility index (Phi) is 4.61. The van der Waals surface area contributed by atoms with E-state index >= 15 is 0 Å². The molecule has 0 amide bonds. The van der Waals surface area contributed by atoms with Gasteiger partial charge in [0.05, 0.1) is 12.8 Å². The van der Waals surface area contributed by atoms with Crippen LogP contribution in [0.2, 0.25) is 0 Å². The Hall–Kier alpha value is -2.23. The van der Waals surface area contributed by atoms with Gasteiger partial charge in [-0.1, -0.05) is 18.2 Å². The maximum Gasteiger partial charge on any atom is 0.146 e. The van der Waals surface area contributed by atoms with Crippen molar-refractivity contribution < 1.29 is 9.13 Å². The number of halogens is 1. The second-order valence-corrected chi connectivity index (χ2v) is 4.07. The van der Waals surface area contributed by atoms with Gasteiger partial charge in [-0.15, -0.1) is 0 Å². The average molecular weight is 260 g/mol. The normalized spacial score (nSPS) is 10.0. The molecule has 0 bridgehead atoms. The van der Waals surface area contributed by atoms with Crippen LogP contribution in [0.15, 0.2) is 48.5 Å². The largest absolute Gasteiger partial charge is 0.497 e. The van der Waals surface area contributed by atoms with Gasteiger partial charge >= 0.3 is 0 Å². The standard InChI is InChI=1S/C15H17FN2O/c1-19-13-6-4-5-12(11-13)17-9-10-18-15-8-3-2-7-14(15)16/h2-8,11,17-18H,9-10H2,1H3. The Bertz CT molecular complexity index is 531. The first-order valence-electron chi connectivity index (χ1n) is 6.16. The number of ether oxygens (including phenoxy) is 1. The summed E-state index contributed by atoms with van der Waals surface area (Å²) in [7, 11) is 1.64. The van der Waals surface area contributed by atoms with Crippen LogP contribution >= 0.6 is 0 Å². The minimum Gasteiger partial charge on any atom is -0.497 e. The van der Waals surface area contributed by atoms with E-state index < -0.39 is 0 Å². The van der Waals surface area contributed by atoms with Crippen LogP contribution in [0.5, 0.6) is 5.75 Å². The first-order valence-corrected chi connectivity index (χ1v) is 6.16. The molecule has 0 aliphatic rings. The molecule has 2 N–H and O–H groups in total. The molecule has 0 fully saturated rings. The Balaban J connectivity index is 1.79. The van der Waals surface area contributed by atoms with E-state index in [2.05, 4.69) is 10.6 Å². The van der Waals surface area contributed by atoms with E-state index in [9.17, 15) is 4.39 Å². The SMILES string of the molecule is COc1cccc(NCCNc2ccccc2F)c1. The molecule has 0 aliphatic carbocycles. The number of hydrogen-bond acceptors (Lipinski definition) is 3. The summed E-state index contributed by atoms with van der Waals surface area (Å²) in [5.74, 6) is 0.580. The predicted molar refractivity (Wildman–Crippen MR) is 76.4 cm³/mol. The second-order valence-electron chi connectivity index (χ2n) is 4.07. The van der Waals surface area contributed by atoms with Gasteiger partial charge in [0.15, 0.2) is 0 Å². The lowest BCUT2D eigenvalue weighted by Gasteiger charge is -2.10. The highest BCUT2D eigenvalue weighted by Gasteiger charge is 1.99. The summed E-state index contributed by atoms with van der Waals surface area (Å²) in [5.41, 5.74) is 1.50. The van der Waals surface area contributed by atoms with Crippen LogP contribution < -0.4 is 15.4 Å². The van der Waals surface area contributed by atoms with Crippen molar-refractivity contribution in [2.75, 3.05) is 30.8 Å². The summed E-state index contributed by atoms with van der Waals surface area (Å²) in [5, 5.41) is 6.29. The fourth-order valence-corrected chi connectivity index (χ4v) is 1.74. The number of para-hydroxylation sites is 1. The second kappa shape index (κ2) is 6.64. The van der Waals surface area contributed by atoms with Crippen molar-refractivity contribution in [2.24, 2.45) is 0 Å². The zero-order valence-corrected chi connectivity index (χ0v) is 10.8. The quantitative estimate of drug-likeness (QED) is 0.781. The van der Waals surface area contributed by atoms with Crippen molar-refractivity contribution in [1.29, 1.82) is 0 Å². The molecule has 4 heteroatoms. The summed E-state index contributed by atoms with van der Waals surface area (Å²) in [6.45, 7) is 1.33. The van der Waals surface area contributed by atoms with E-state index in [4.69, 9.17) is 4.74 Å². The number of rotatable bonds is 6. The van der Waals surface area contributed by atoms with Crippen LogP contribution in [-0.4, -0.2) is 20.2 Å². The molecular formula is C15H17FN2O. The van der Waals surface area contributed by atoms with Gasteiger partial charge in [-0.3, -0.25) is 0 Å². The molecule has 0 saturated heterocycles. The molecule has 0 unspecified atom stereocenters. The van der Waals surface area contributed by atoms with Gasteiger partial charge in [0, 0.05) is 24.8 Å². The van der Waals surface area contributed by atoms with Gasteiger partial charge in [-0.05, 0) is 24.3 Å².